The van der Waals surface area contributed by atoms with E-state index in [0.29, 0.717) is 27.4 Å². The van der Waals surface area contributed by atoms with Crippen molar-refractivity contribution in [3.05, 3.63) is 45.6 Å². The lowest BCUT2D eigenvalue weighted by atomic mass is 9.95. The summed E-state index contributed by atoms with van der Waals surface area (Å²) < 4.78 is 13.9. The topological polar surface area (TPSA) is 37.8 Å². The summed E-state index contributed by atoms with van der Waals surface area (Å²) in [6.07, 6.45) is 0. The number of benzene rings is 1. The molecule has 0 unspecified atom stereocenters. The molecule has 0 aliphatic rings. The van der Waals surface area contributed by atoms with Gasteiger partial charge in [0.1, 0.15) is 22.6 Å². The monoisotopic (exact) mass is 327 g/mol. The van der Waals surface area contributed by atoms with Crippen molar-refractivity contribution in [1.82, 2.24) is 9.97 Å². The molecule has 1 aromatic carbocycles. The third-order valence-corrected chi connectivity index (χ3v) is 3.54. The van der Waals surface area contributed by atoms with Crippen molar-refractivity contribution >= 4 is 34.7 Å². The second-order valence-electron chi connectivity index (χ2n) is 5.81. The van der Waals surface area contributed by atoms with Gasteiger partial charge in [0, 0.05) is 16.0 Å². The number of hydrogen-bond acceptors (Lipinski definition) is 3. The molecule has 0 bridgehead atoms. The maximum atomic E-state index is 13.9. The Balaban J connectivity index is 2.46. The number of rotatable bonds is 2. The molecule has 2 aromatic rings. The van der Waals surface area contributed by atoms with Crippen LogP contribution in [0, 0.1) is 12.7 Å². The largest absolute Gasteiger partial charge is 0.337 e. The molecule has 2 rings (SSSR count). The zero-order valence-corrected chi connectivity index (χ0v) is 13.8. The van der Waals surface area contributed by atoms with Crippen molar-refractivity contribution in [2.24, 2.45) is 0 Å². The zero-order chi connectivity index (χ0) is 15.8. The minimum atomic E-state index is -0.450. The van der Waals surface area contributed by atoms with Crippen LogP contribution >= 0.6 is 23.2 Å². The number of aromatic nitrogens is 2. The average Bonchev–Trinajstić information content (AvgIpc) is 2.36. The molecule has 0 spiro atoms. The normalized spacial score (nSPS) is 11.6. The predicted octanol–water partition coefficient (Wildman–Crippen LogP) is 5.27. The second kappa shape index (κ2) is 5.78. The number of nitrogens with zero attached hydrogens (tertiary/aromatic N) is 2. The van der Waals surface area contributed by atoms with E-state index in [4.69, 9.17) is 23.2 Å². The molecule has 0 saturated carbocycles. The molecule has 21 heavy (non-hydrogen) atoms. The number of anilines is 2. The molecule has 1 heterocycles. The van der Waals surface area contributed by atoms with E-state index in [-0.39, 0.29) is 11.1 Å². The second-order valence-corrected chi connectivity index (χ2v) is 6.61. The van der Waals surface area contributed by atoms with Crippen LogP contribution in [0.25, 0.3) is 0 Å². The highest BCUT2D eigenvalue weighted by Gasteiger charge is 2.21. The Morgan fingerprint density at radius 1 is 1.14 bits per heavy atom. The van der Waals surface area contributed by atoms with Gasteiger partial charge in [0.05, 0.1) is 5.69 Å². The summed E-state index contributed by atoms with van der Waals surface area (Å²) in [6, 6.07) is 4.41. The van der Waals surface area contributed by atoms with Gasteiger partial charge in [-0.25, -0.2) is 14.4 Å². The first-order valence-electron chi connectivity index (χ1n) is 6.45. The van der Waals surface area contributed by atoms with Crippen molar-refractivity contribution in [2.75, 3.05) is 5.32 Å². The van der Waals surface area contributed by atoms with Crippen molar-refractivity contribution < 1.29 is 4.39 Å². The molecule has 112 valence electrons. The minimum Gasteiger partial charge on any atom is -0.337 e. The van der Waals surface area contributed by atoms with E-state index < -0.39 is 5.82 Å². The van der Waals surface area contributed by atoms with E-state index in [2.05, 4.69) is 15.3 Å². The van der Waals surface area contributed by atoms with Crippen molar-refractivity contribution in [1.29, 1.82) is 0 Å². The molecular formula is C15H16Cl2FN3. The van der Waals surface area contributed by atoms with Gasteiger partial charge in [-0.2, -0.15) is 0 Å². The summed E-state index contributed by atoms with van der Waals surface area (Å²) >= 11 is 11.9. The van der Waals surface area contributed by atoms with E-state index in [1.54, 1.807) is 19.1 Å². The summed E-state index contributed by atoms with van der Waals surface area (Å²) in [4.78, 5) is 8.74. The highest BCUT2D eigenvalue weighted by Crippen LogP contribution is 2.29. The summed E-state index contributed by atoms with van der Waals surface area (Å²) in [7, 11) is 0. The van der Waals surface area contributed by atoms with Crippen LogP contribution in [0.2, 0.25) is 10.2 Å². The molecule has 0 amide bonds. The first-order valence-corrected chi connectivity index (χ1v) is 7.21. The lowest BCUT2D eigenvalue weighted by molar-refractivity contribution is 0.545. The van der Waals surface area contributed by atoms with Crippen LogP contribution in [-0.2, 0) is 5.41 Å². The van der Waals surface area contributed by atoms with Gasteiger partial charge in [-0.3, -0.25) is 0 Å². The van der Waals surface area contributed by atoms with Crippen LogP contribution in [0.1, 0.15) is 32.2 Å². The molecule has 0 aliphatic carbocycles. The highest BCUT2D eigenvalue weighted by molar-refractivity contribution is 6.31. The highest BCUT2D eigenvalue weighted by atomic mass is 35.5. The molecule has 0 fully saturated rings. The zero-order valence-electron chi connectivity index (χ0n) is 12.3. The molecule has 0 atom stereocenters. The fraction of sp³-hybridized carbons (Fsp3) is 0.333. The van der Waals surface area contributed by atoms with Gasteiger partial charge in [0.25, 0.3) is 0 Å². The fourth-order valence-electron chi connectivity index (χ4n) is 1.66. The van der Waals surface area contributed by atoms with Gasteiger partial charge in [-0.05, 0) is 25.1 Å². The minimum absolute atomic E-state index is 0.258. The van der Waals surface area contributed by atoms with Gasteiger partial charge in [-0.15, -0.1) is 0 Å². The third kappa shape index (κ3) is 3.63. The quantitative estimate of drug-likeness (QED) is 0.763. The Morgan fingerprint density at radius 3 is 2.38 bits per heavy atom. The molecule has 6 heteroatoms. The van der Waals surface area contributed by atoms with Crippen LogP contribution in [0.5, 0.6) is 0 Å². The van der Waals surface area contributed by atoms with Gasteiger partial charge in [0.2, 0.25) is 0 Å². The van der Waals surface area contributed by atoms with E-state index in [9.17, 15) is 4.39 Å². The average molecular weight is 328 g/mol. The Morgan fingerprint density at radius 2 is 1.81 bits per heavy atom. The maximum Gasteiger partial charge on any atom is 0.148 e. The fourth-order valence-corrected chi connectivity index (χ4v) is 1.99. The van der Waals surface area contributed by atoms with Crippen molar-refractivity contribution in [3.63, 3.8) is 0 Å². The molecule has 1 N–H and O–H groups in total. The number of hydrogen-bond donors (Lipinski definition) is 1. The Bertz CT molecular complexity index is 681. The van der Waals surface area contributed by atoms with Crippen LogP contribution < -0.4 is 5.32 Å². The molecule has 0 saturated heterocycles. The van der Waals surface area contributed by atoms with Crippen LogP contribution in [0.15, 0.2) is 18.2 Å². The maximum absolute atomic E-state index is 13.9. The Hall–Kier alpha value is -1.39. The number of halogens is 3. The third-order valence-electron chi connectivity index (χ3n) is 2.94. The lowest BCUT2D eigenvalue weighted by Gasteiger charge is -2.19. The summed E-state index contributed by atoms with van der Waals surface area (Å²) in [6.45, 7) is 7.74. The van der Waals surface area contributed by atoms with Crippen molar-refractivity contribution in [3.8, 4) is 0 Å². The van der Waals surface area contributed by atoms with Crippen molar-refractivity contribution in [2.45, 2.75) is 33.1 Å². The Kier molecular flexibility index (Phi) is 4.40. The summed E-state index contributed by atoms with van der Waals surface area (Å²) in [5.74, 6) is 0.630. The van der Waals surface area contributed by atoms with E-state index in [1.165, 1.54) is 6.07 Å². The SMILES string of the molecule is Cc1c(Cl)nc(C(C)(C)C)nc1Nc1ccc(Cl)cc1F. The first kappa shape index (κ1) is 16.0. The van der Waals surface area contributed by atoms with Gasteiger partial charge in [0.15, 0.2) is 0 Å². The predicted molar refractivity (Wildman–Crippen MR) is 85.2 cm³/mol. The number of nitrogens with one attached hydrogen (secondary N) is 1. The summed E-state index contributed by atoms with van der Waals surface area (Å²) in [5.41, 5.74) is 0.697. The lowest BCUT2D eigenvalue weighted by Crippen LogP contribution is -2.17. The first-order chi connectivity index (χ1) is 9.68. The Labute approximate surface area is 133 Å². The van der Waals surface area contributed by atoms with Crippen LogP contribution in [0.3, 0.4) is 0 Å². The van der Waals surface area contributed by atoms with E-state index in [1.807, 2.05) is 20.8 Å². The molecule has 3 nitrogen and oxygen atoms in total. The van der Waals surface area contributed by atoms with E-state index in [0.717, 1.165) is 0 Å². The molecule has 0 radical (unpaired) electrons. The molecule has 1 aromatic heterocycles. The van der Waals surface area contributed by atoms with Gasteiger partial charge < -0.3 is 5.32 Å². The van der Waals surface area contributed by atoms with Gasteiger partial charge in [-0.1, -0.05) is 44.0 Å². The molecular weight excluding hydrogens is 312 g/mol. The van der Waals surface area contributed by atoms with E-state index >= 15 is 0 Å². The smallest absolute Gasteiger partial charge is 0.148 e. The van der Waals surface area contributed by atoms with Crippen LogP contribution in [0.4, 0.5) is 15.9 Å². The standard InChI is InChI=1S/C15H16Cl2FN3/c1-8-12(17)20-14(15(2,3)4)21-13(8)19-11-6-5-9(16)7-10(11)18/h5-7H,1-4H3,(H,19,20,21). The van der Waals surface area contributed by atoms with Crippen LogP contribution in [-0.4, -0.2) is 9.97 Å². The van der Waals surface area contributed by atoms with Gasteiger partial charge >= 0.3 is 0 Å². The molecule has 0 aliphatic heterocycles. The summed E-state index contributed by atoms with van der Waals surface area (Å²) in [5, 5.41) is 3.64.